The van der Waals surface area contributed by atoms with Crippen molar-refractivity contribution in [2.45, 2.75) is 25.9 Å². The Morgan fingerprint density at radius 3 is 2.52 bits per heavy atom. The van der Waals surface area contributed by atoms with Crippen LogP contribution in [0.5, 0.6) is 0 Å². The zero-order valence-corrected chi connectivity index (χ0v) is 15.7. The van der Waals surface area contributed by atoms with E-state index in [0.29, 0.717) is 15.7 Å². The van der Waals surface area contributed by atoms with Crippen LogP contribution < -0.4 is 16.8 Å². The fourth-order valence-electron chi connectivity index (χ4n) is 1.98. The molecule has 0 saturated heterocycles. The third-order valence-electron chi connectivity index (χ3n) is 3.20. The van der Waals surface area contributed by atoms with Gasteiger partial charge in [-0.2, -0.15) is 0 Å². The molecule has 2 aromatic heterocycles. The molecule has 25 heavy (non-hydrogen) atoms. The molecule has 5 N–H and O–H groups in total. The third kappa shape index (κ3) is 4.83. The fraction of sp³-hybridized carbons (Fsp3) is 0.333. The Kier molecular flexibility index (Phi) is 6.21. The largest absolute Gasteiger partial charge is 0.462 e. The number of carbonyl (C=O) groups excluding carboxylic acids is 2. The molecule has 2 heterocycles. The fourth-order valence-corrected chi connectivity index (χ4v) is 3.72. The number of esters is 1. The van der Waals surface area contributed by atoms with Crippen molar-refractivity contribution in [2.24, 2.45) is 0 Å². The van der Waals surface area contributed by atoms with Crippen LogP contribution >= 0.6 is 23.1 Å². The van der Waals surface area contributed by atoms with Gasteiger partial charge >= 0.3 is 5.97 Å². The Hall–Kier alpha value is -2.33. The number of nitrogens with two attached hydrogens (primary N) is 2. The number of aryl methyl sites for hydroxylation is 1. The van der Waals surface area contributed by atoms with Crippen molar-refractivity contribution in [1.29, 1.82) is 0 Å². The second-order valence-electron chi connectivity index (χ2n) is 5.04. The third-order valence-corrected chi connectivity index (χ3v) is 5.17. The number of carbonyl (C=O) groups is 2. The van der Waals surface area contributed by atoms with Crippen LogP contribution in [-0.2, 0) is 9.53 Å². The zero-order valence-electron chi connectivity index (χ0n) is 14.1. The number of rotatable bonds is 6. The van der Waals surface area contributed by atoms with Crippen LogP contribution in [-0.4, -0.2) is 34.2 Å². The number of hydrogen-bond acceptors (Lipinski definition) is 9. The maximum Gasteiger partial charge on any atom is 0.341 e. The molecule has 0 aromatic carbocycles. The smallest absolute Gasteiger partial charge is 0.341 e. The summed E-state index contributed by atoms with van der Waals surface area (Å²) < 4.78 is 5.06. The topological polar surface area (TPSA) is 133 Å². The van der Waals surface area contributed by atoms with Crippen molar-refractivity contribution in [3.63, 3.8) is 0 Å². The van der Waals surface area contributed by atoms with Gasteiger partial charge in [0.2, 0.25) is 5.91 Å². The van der Waals surface area contributed by atoms with Gasteiger partial charge in [-0.25, -0.2) is 14.8 Å². The first-order valence-corrected chi connectivity index (χ1v) is 9.21. The molecule has 10 heteroatoms. The Morgan fingerprint density at radius 1 is 1.28 bits per heavy atom. The summed E-state index contributed by atoms with van der Waals surface area (Å²) in [7, 11) is 0. The molecule has 8 nitrogen and oxygen atoms in total. The Morgan fingerprint density at radius 2 is 1.92 bits per heavy atom. The number of nitrogens with one attached hydrogen (secondary N) is 1. The lowest BCUT2D eigenvalue weighted by Crippen LogP contribution is -2.16. The second-order valence-corrected chi connectivity index (χ2v) is 7.21. The normalized spacial score (nSPS) is 10.5. The summed E-state index contributed by atoms with van der Waals surface area (Å²) in [5, 5.41) is 3.55. The number of anilines is 3. The second kappa shape index (κ2) is 8.17. The molecule has 0 aliphatic rings. The maximum atomic E-state index is 12.2. The molecule has 0 radical (unpaired) electrons. The molecule has 0 spiro atoms. The highest BCUT2D eigenvalue weighted by molar-refractivity contribution is 7.99. The van der Waals surface area contributed by atoms with Gasteiger partial charge in [0.05, 0.1) is 17.9 Å². The monoisotopic (exact) mass is 381 g/mol. The SMILES string of the molecule is CCOC(=O)c1c(NC(=O)CSc2nc(N)cc(N)n2)sc(C)c1C. The first-order chi connectivity index (χ1) is 11.8. The van der Waals surface area contributed by atoms with Crippen LogP contribution in [0.2, 0.25) is 0 Å². The zero-order chi connectivity index (χ0) is 18.6. The minimum atomic E-state index is -0.445. The number of nitrogen functional groups attached to an aromatic ring is 2. The highest BCUT2D eigenvalue weighted by Gasteiger charge is 2.22. The lowest BCUT2D eigenvalue weighted by Gasteiger charge is -2.07. The molecule has 0 aliphatic heterocycles. The highest BCUT2D eigenvalue weighted by atomic mass is 32.2. The predicted molar refractivity (Wildman–Crippen MR) is 100.0 cm³/mol. The van der Waals surface area contributed by atoms with Crippen molar-refractivity contribution in [2.75, 3.05) is 29.1 Å². The standard InChI is InChI=1S/C15H19N5O3S2/c1-4-23-14(22)12-7(2)8(3)25-13(12)20-11(21)6-24-15-18-9(16)5-10(17)19-15/h5H,4,6H2,1-3H3,(H,20,21)(H4,16,17,18,19). The van der Waals surface area contributed by atoms with Crippen molar-refractivity contribution < 1.29 is 14.3 Å². The van der Waals surface area contributed by atoms with Gasteiger partial charge in [0, 0.05) is 10.9 Å². The average molecular weight is 381 g/mol. The van der Waals surface area contributed by atoms with E-state index in [1.54, 1.807) is 6.92 Å². The summed E-state index contributed by atoms with van der Waals surface area (Å²) in [6.45, 7) is 5.71. The van der Waals surface area contributed by atoms with E-state index in [1.165, 1.54) is 17.4 Å². The molecule has 134 valence electrons. The highest BCUT2D eigenvalue weighted by Crippen LogP contribution is 2.33. The van der Waals surface area contributed by atoms with Crippen LogP contribution in [0.4, 0.5) is 16.6 Å². The molecule has 1 amide bonds. The van der Waals surface area contributed by atoms with E-state index in [0.717, 1.165) is 22.2 Å². The number of thioether (sulfide) groups is 1. The molecule has 0 aliphatic carbocycles. The first kappa shape index (κ1) is 19.0. The van der Waals surface area contributed by atoms with E-state index < -0.39 is 5.97 Å². The number of nitrogens with zero attached hydrogens (tertiary/aromatic N) is 2. The average Bonchev–Trinajstić information content (AvgIpc) is 2.79. The molecule has 0 unspecified atom stereocenters. The summed E-state index contributed by atoms with van der Waals surface area (Å²) in [6, 6.07) is 1.44. The minimum Gasteiger partial charge on any atom is -0.462 e. The summed E-state index contributed by atoms with van der Waals surface area (Å²) in [5.74, 6) is -0.198. The number of amides is 1. The Bertz CT molecular complexity index is 786. The molecule has 2 aromatic rings. The summed E-state index contributed by atoms with van der Waals surface area (Å²) >= 11 is 2.44. The van der Waals surface area contributed by atoms with E-state index in [-0.39, 0.29) is 29.9 Å². The van der Waals surface area contributed by atoms with Crippen LogP contribution in [0.15, 0.2) is 11.2 Å². The van der Waals surface area contributed by atoms with Crippen LogP contribution in [0.1, 0.15) is 27.7 Å². The van der Waals surface area contributed by atoms with E-state index in [9.17, 15) is 9.59 Å². The summed E-state index contributed by atoms with van der Waals surface area (Å²) in [5.41, 5.74) is 12.4. The molecular formula is C15H19N5O3S2. The van der Waals surface area contributed by atoms with E-state index in [1.807, 2.05) is 13.8 Å². The molecule has 0 fully saturated rings. The number of hydrogen-bond donors (Lipinski definition) is 3. The van der Waals surface area contributed by atoms with Gasteiger partial charge in [-0.15, -0.1) is 11.3 Å². The lowest BCUT2D eigenvalue weighted by atomic mass is 10.1. The summed E-state index contributed by atoms with van der Waals surface area (Å²) in [4.78, 5) is 33.3. The Balaban J connectivity index is 2.07. The van der Waals surface area contributed by atoms with Crippen molar-refractivity contribution in [3.05, 3.63) is 22.1 Å². The minimum absolute atomic E-state index is 0.0567. The van der Waals surface area contributed by atoms with E-state index in [2.05, 4.69) is 15.3 Å². The van der Waals surface area contributed by atoms with Crippen molar-refractivity contribution >= 4 is 51.6 Å². The summed E-state index contributed by atoms with van der Waals surface area (Å²) in [6.07, 6.45) is 0. The maximum absolute atomic E-state index is 12.2. The van der Waals surface area contributed by atoms with Gasteiger partial charge in [-0.1, -0.05) is 11.8 Å². The van der Waals surface area contributed by atoms with Gasteiger partial charge in [0.15, 0.2) is 5.16 Å². The molecule has 2 rings (SSSR count). The number of thiophene rings is 1. The van der Waals surface area contributed by atoms with Gasteiger partial charge in [-0.3, -0.25) is 4.79 Å². The first-order valence-electron chi connectivity index (χ1n) is 7.41. The number of aromatic nitrogens is 2. The molecule has 0 bridgehead atoms. The van der Waals surface area contributed by atoms with Crippen LogP contribution in [0, 0.1) is 13.8 Å². The van der Waals surface area contributed by atoms with E-state index in [4.69, 9.17) is 16.2 Å². The van der Waals surface area contributed by atoms with Gasteiger partial charge in [0.25, 0.3) is 0 Å². The lowest BCUT2D eigenvalue weighted by molar-refractivity contribution is -0.113. The molecular weight excluding hydrogens is 362 g/mol. The number of ether oxygens (including phenoxy) is 1. The van der Waals surface area contributed by atoms with E-state index >= 15 is 0 Å². The van der Waals surface area contributed by atoms with Crippen molar-refractivity contribution in [1.82, 2.24) is 9.97 Å². The predicted octanol–water partition coefficient (Wildman–Crippen LogP) is 2.23. The molecule has 0 atom stereocenters. The van der Waals surface area contributed by atoms with Gasteiger partial charge in [0.1, 0.15) is 16.6 Å². The quantitative estimate of drug-likeness (QED) is 0.394. The molecule has 0 saturated carbocycles. The van der Waals surface area contributed by atoms with Gasteiger partial charge in [-0.05, 0) is 26.3 Å². The van der Waals surface area contributed by atoms with Gasteiger partial charge < -0.3 is 21.5 Å². The van der Waals surface area contributed by atoms with Crippen LogP contribution in [0.25, 0.3) is 0 Å². The van der Waals surface area contributed by atoms with Crippen molar-refractivity contribution in [3.8, 4) is 0 Å². The van der Waals surface area contributed by atoms with Crippen LogP contribution in [0.3, 0.4) is 0 Å². The Labute approximate surface area is 153 Å².